The van der Waals surface area contributed by atoms with Crippen LogP contribution in [0.1, 0.15) is 13.3 Å². The summed E-state index contributed by atoms with van der Waals surface area (Å²) in [5.74, 6) is 0.444. The molecule has 1 aromatic carbocycles. The number of thioether (sulfide) groups is 1. The molecule has 1 aromatic rings. The van der Waals surface area contributed by atoms with Crippen molar-refractivity contribution in [1.82, 2.24) is 0 Å². The predicted molar refractivity (Wildman–Crippen MR) is 69.0 cm³/mol. The van der Waals surface area contributed by atoms with Crippen LogP contribution in [-0.2, 0) is 4.79 Å². The van der Waals surface area contributed by atoms with Gasteiger partial charge in [0, 0.05) is 12.2 Å². The lowest BCUT2D eigenvalue weighted by atomic mass is 10.3. The average molecular weight is 234 g/mol. The third-order valence-corrected chi connectivity index (χ3v) is 3.25. The van der Waals surface area contributed by atoms with Gasteiger partial charge in [0.15, 0.2) is 5.17 Å². The molecule has 0 atom stereocenters. The molecule has 3 nitrogen and oxygen atoms in total. The highest BCUT2D eigenvalue weighted by Crippen LogP contribution is 2.23. The van der Waals surface area contributed by atoms with Crippen molar-refractivity contribution in [2.24, 2.45) is 4.99 Å². The quantitative estimate of drug-likeness (QED) is 0.805. The van der Waals surface area contributed by atoms with E-state index in [0.29, 0.717) is 5.75 Å². The summed E-state index contributed by atoms with van der Waals surface area (Å²) in [7, 11) is 0. The number of para-hydroxylation sites is 1. The summed E-state index contributed by atoms with van der Waals surface area (Å²) in [6, 6.07) is 10.1. The van der Waals surface area contributed by atoms with Crippen molar-refractivity contribution >= 4 is 28.5 Å². The number of amides is 1. The van der Waals surface area contributed by atoms with Gasteiger partial charge in [0.05, 0.1) is 5.75 Å². The number of anilines is 1. The highest BCUT2D eigenvalue weighted by atomic mass is 32.2. The topological polar surface area (TPSA) is 32.7 Å². The second kappa shape index (κ2) is 5.16. The normalized spacial score (nSPS) is 15.1. The molecule has 1 aliphatic rings. The molecule has 0 saturated heterocycles. The summed E-state index contributed by atoms with van der Waals surface area (Å²) >= 11 is 1.52. The maximum Gasteiger partial charge on any atom is 0.258 e. The monoisotopic (exact) mass is 234 g/mol. The zero-order chi connectivity index (χ0) is 11.4. The Morgan fingerprint density at radius 2 is 2.12 bits per heavy atom. The standard InChI is InChI=1S/C12H14N2OS/c1-2-8-14(10-6-4-3-5-7-10)12-13-11(15)9-16-12/h3-7H,2,8-9H2,1H3. The van der Waals surface area contributed by atoms with E-state index in [0.717, 1.165) is 23.8 Å². The van der Waals surface area contributed by atoms with E-state index < -0.39 is 0 Å². The Hall–Kier alpha value is -1.29. The van der Waals surface area contributed by atoms with Gasteiger partial charge in [-0.2, -0.15) is 4.99 Å². The lowest BCUT2D eigenvalue weighted by Gasteiger charge is -2.22. The van der Waals surface area contributed by atoms with Crippen molar-refractivity contribution in [3.05, 3.63) is 30.3 Å². The molecular weight excluding hydrogens is 220 g/mol. The van der Waals surface area contributed by atoms with Gasteiger partial charge in [-0.1, -0.05) is 36.9 Å². The fourth-order valence-corrected chi connectivity index (χ4v) is 2.44. The first-order chi connectivity index (χ1) is 7.81. The second-order valence-electron chi connectivity index (χ2n) is 3.56. The van der Waals surface area contributed by atoms with E-state index in [9.17, 15) is 4.79 Å². The number of hydrogen-bond donors (Lipinski definition) is 0. The number of rotatable bonds is 3. The zero-order valence-corrected chi connectivity index (χ0v) is 10.0. The van der Waals surface area contributed by atoms with Gasteiger partial charge in [0.1, 0.15) is 0 Å². The maximum absolute atomic E-state index is 11.2. The van der Waals surface area contributed by atoms with Crippen molar-refractivity contribution in [2.75, 3.05) is 17.2 Å². The summed E-state index contributed by atoms with van der Waals surface area (Å²) < 4.78 is 0. The third-order valence-electron chi connectivity index (χ3n) is 2.29. The van der Waals surface area contributed by atoms with Crippen molar-refractivity contribution in [3.63, 3.8) is 0 Å². The van der Waals surface area contributed by atoms with E-state index in [4.69, 9.17) is 0 Å². The number of nitrogens with zero attached hydrogens (tertiary/aromatic N) is 2. The predicted octanol–water partition coefficient (Wildman–Crippen LogP) is 2.53. The minimum Gasteiger partial charge on any atom is -0.321 e. The molecule has 0 fully saturated rings. The first-order valence-electron chi connectivity index (χ1n) is 5.38. The summed E-state index contributed by atoms with van der Waals surface area (Å²) in [6.45, 7) is 3.01. The molecule has 1 heterocycles. The lowest BCUT2D eigenvalue weighted by molar-refractivity contribution is -0.115. The van der Waals surface area contributed by atoms with Crippen LogP contribution in [0.5, 0.6) is 0 Å². The first-order valence-corrected chi connectivity index (χ1v) is 6.36. The Bertz CT molecular complexity index is 403. The molecule has 84 valence electrons. The van der Waals surface area contributed by atoms with Gasteiger partial charge in [0.25, 0.3) is 5.91 Å². The van der Waals surface area contributed by atoms with Crippen molar-refractivity contribution in [3.8, 4) is 0 Å². The molecule has 0 saturated carbocycles. The second-order valence-corrected chi connectivity index (χ2v) is 4.51. The van der Waals surface area contributed by atoms with Gasteiger partial charge in [0.2, 0.25) is 0 Å². The van der Waals surface area contributed by atoms with Crippen molar-refractivity contribution < 1.29 is 4.79 Å². The van der Waals surface area contributed by atoms with Gasteiger partial charge >= 0.3 is 0 Å². The molecule has 2 rings (SSSR count). The van der Waals surface area contributed by atoms with Gasteiger partial charge in [-0.05, 0) is 18.6 Å². The Kier molecular flexibility index (Phi) is 3.62. The van der Waals surface area contributed by atoms with Crippen LogP contribution in [0.4, 0.5) is 5.69 Å². The SMILES string of the molecule is CCCN(C1=NC(=O)CS1)c1ccccc1. The molecule has 0 aromatic heterocycles. The lowest BCUT2D eigenvalue weighted by Crippen LogP contribution is -2.28. The van der Waals surface area contributed by atoms with Crippen LogP contribution in [0.3, 0.4) is 0 Å². The largest absolute Gasteiger partial charge is 0.321 e. The first kappa shape index (κ1) is 11.2. The summed E-state index contributed by atoms with van der Waals surface area (Å²) in [5, 5.41) is 0.832. The molecule has 0 aliphatic carbocycles. The van der Waals surface area contributed by atoms with E-state index in [1.807, 2.05) is 30.3 Å². The van der Waals surface area contributed by atoms with Gasteiger partial charge in [-0.25, -0.2) is 0 Å². The van der Waals surface area contributed by atoms with Crippen LogP contribution >= 0.6 is 11.8 Å². The van der Waals surface area contributed by atoms with E-state index in [2.05, 4.69) is 16.8 Å². The zero-order valence-electron chi connectivity index (χ0n) is 9.22. The fraction of sp³-hybridized carbons (Fsp3) is 0.333. The van der Waals surface area contributed by atoms with Crippen LogP contribution in [0, 0.1) is 0 Å². The Balaban J connectivity index is 2.24. The van der Waals surface area contributed by atoms with Gasteiger partial charge < -0.3 is 4.90 Å². The molecule has 0 spiro atoms. The van der Waals surface area contributed by atoms with E-state index in [-0.39, 0.29) is 5.91 Å². The summed E-state index contributed by atoms with van der Waals surface area (Å²) in [5.41, 5.74) is 1.10. The Labute approximate surface area is 99.6 Å². The van der Waals surface area contributed by atoms with E-state index in [1.54, 1.807) is 0 Å². The van der Waals surface area contributed by atoms with Gasteiger partial charge in [-0.15, -0.1) is 0 Å². The number of hydrogen-bond acceptors (Lipinski definition) is 3. The third kappa shape index (κ3) is 2.44. The molecule has 0 bridgehead atoms. The number of carbonyl (C=O) groups excluding carboxylic acids is 1. The number of carbonyl (C=O) groups is 1. The molecule has 0 unspecified atom stereocenters. The van der Waals surface area contributed by atoms with Crippen LogP contribution in [0.15, 0.2) is 35.3 Å². The highest BCUT2D eigenvalue weighted by Gasteiger charge is 2.21. The molecule has 4 heteroatoms. The van der Waals surface area contributed by atoms with Crippen molar-refractivity contribution in [2.45, 2.75) is 13.3 Å². The Morgan fingerprint density at radius 3 is 2.69 bits per heavy atom. The summed E-state index contributed by atoms with van der Waals surface area (Å²) in [4.78, 5) is 17.3. The van der Waals surface area contributed by atoms with E-state index in [1.165, 1.54) is 11.8 Å². The van der Waals surface area contributed by atoms with Crippen LogP contribution in [-0.4, -0.2) is 23.4 Å². The number of benzene rings is 1. The minimum absolute atomic E-state index is 0.0305. The number of aliphatic imine (C=N–C) groups is 1. The molecule has 0 radical (unpaired) electrons. The van der Waals surface area contributed by atoms with E-state index >= 15 is 0 Å². The fourth-order valence-electron chi connectivity index (χ4n) is 1.60. The van der Waals surface area contributed by atoms with Crippen LogP contribution < -0.4 is 4.90 Å². The maximum atomic E-state index is 11.2. The minimum atomic E-state index is -0.0305. The van der Waals surface area contributed by atoms with Crippen LogP contribution in [0.25, 0.3) is 0 Å². The van der Waals surface area contributed by atoms with Gasteiger partial charge in [-0.3, -0.25) is 4.79 Å². The highest BCUT2D eigenvalue weighted by molar-refractivity contribution is 8.15. The molecule has 1 aliphatic heterocycles. The molecule has 1 amide bonds. The van der Waals surface area contributed by atoms with Crippen molar-refractivity contribution in [1.29, 1.82) is 0 Å². The molecule has 0 N–H and O–H groups in total. The van der Waals surface area contributed by atoms with Crippen LogP contribution in [0.2, 0.25) is 0 Å². The average Bonchev–Trinajstić information content (AvgIpc) is 2.74. The molecular formula is C12H14N2OS. The smallest absolute Gasteiger partial charge is 0.258 e. The number of amidine groups is 1. The summed E-state index contributed by atoms with van der Waals surface area (Å²) in [6.07, 6.45) is 1.03. The molecule has 16 heavy (non-hydrogen) atoms. The Morgan fingerprint density at radius 1 is 1.38 bits per heavy atom.